The van der Waals surface area contributed by atoms with E-state index in [1.807, 2.05) is 13.0 Å². The summed E-state index contributed by atoms with van der Waals surface area (Å²) in [5.41, 5.74) is 0.966. The highest BCUT2D eigenvalue weighted by atomic mass is 16.5. The van der Waals surface area contributed by atoms with Crippen LogP contribution in [0.3, 0.4) is 0 Å². The van der Waals surface area contributed by atoms with Gasteiger partial charge in [-0.25, -0.2) is 0 Å². The first kappa shape index (κ1) is 19.2. The molecule has 8 nitrogen and oxygen atoms in total. The van der Waals surface area contributed by atoms with Crippen molar-refractivity contribution >= 4 is 11.9 Å². The van der Waals surface area contributed by atoms with Crippen molar-refractivity contribution in [3.63, 3.8) is 0 Å². The standard InChI is InChI=1S/C17H29N5O3/c1-3-18-17(19-8-5-6-16(23)24-4-2)22-11-9-21(10-12-22)14-15-7-13-25-20-15/h7,13H,3-6,8-12,14H2,1-2H3,(H,18,19). The summed E-state index contributed by atoms with van der Waals surface area (Å²) >= 11 is 0. The monoisotopic (exact) mass is 351 g/mol. The number of guanidine groups is 1. The van der Waals surface area contributed by atoms with E-state index in [9.17, 15) is 4.79 Å². The molecule has 0 amide bonds. The van der Waals surface area contributed by atoms with Gasteiger partial charge in [-0.15, -0.1) is 0 Å². The lowest BCUT2D eigenvalue weighted by Gasteiger charge is -2.36. The maximum atomic E-state index is 11.4. The molecule has 25 heavy (non-hydrogen) atoms. The fraction of sp³-hybridized carbons (Fsp3) is 0.706. The molecule has 1 aliphatic rings. The van der Waals surface area contributed by atoms with Crippen molar-refractivity contribution in [2.75, 3.05) is 45.9 Å². The Bertz CT molecular complexity index is 524. The highest BCUT2D eigenvalue weighted by Gasteiger charge is 2.20. The lowest BCUT2D eigenvalue weighted by atomic mass is 10.3. The number of carbonyl (C=O) groups excluding carboxylic acids is 1. The summed E-state index contributed by atoms with van der Waals surface area (Å²) in [6.07, 6.45) is 2.74. The van der Waals surface area contributed by atoms with Crippen LogP contribution in [0.25, 0.3) is 0 Å². The Hall–Kier alpha value is -2.09. The van der Waals surface area contributed by atoms with E-state index in [-0.39, 0.29) is 5.97 Å². The lowest BCUT2D eigenvalue weighted by molar-refractivity contribution is -0.143. The van der Waals surface area contributed by atoms with E-state index in [2.05, 4.69) is 32.2 Å². The SMILES string of the molecule is CCNC(=NCCCC(=O)OCC)N1CCN(Cc2ccon2)CC1. The number of nitrogens with zero attached hydrogens (tertiary/aromatic N) is 4. The van der Waals surface area contributed by atoms with Gasteiger partial charge in [0.15, 0.2) is 5.96 Å². The van der Waals surface area contributed by atoms with E-state index < -0.39 is 0 Å². The molecule has 0 saturated carbocycles. The van der Waals surface area contributed by atoms with Gasteiger partial charge < -0.3 is 19.5 Å². The average molecular weight is 351 g/mol. The van der Waals surface area contributed by atoms with E-state index in [0.717, 1.165) is 50.9 Å². The van der Waals surface area contributed by atoms with Crippen LogP contribution in [0, 0.1) is 0 Å². The number of hydrogen-bond donors (Lipinski definition) is 1. The molecule has 1 aliphatic heterocycles. The summed E-state index contributed by atoms with van der Waals surface area (Å²) in [5, 5.41) is 7.31. The van der Waals surface area contributed by atoms with Crippen LogP contribution in [0.4, 0.5) is 0 Å². The number of aromatic nitrogens is 1. The van der Waals surface area contributed by atoms with Crippen molar-refractivity contribution in [2.24, 2.45) is 4.99 Å². The molecule has 2 heterocycles. The van der Waals surface area contributed by atoms with Crippen molar-refractivity contribution in [1.82, 2.24) is 20.3 Å². The second-order valence-electron chi connectivity index (χ2n) is 5.90. The molecular weight excluding hydrogens is 322 g/mol. The summed E-state index contributed by atoms with van der Waals surface area (Å²) in [7, 11) is 0. The van der Waals surface area contributed by atoms with Gasteiger partial charge in [0.05, 0.1) is 12.3 Å². The minimum atomic E-state index is -0.149. The molecule has 8 heteroatoms. The van der Waals surface area contributed by atoms with E-state index in [1.165, 1.54) is 0 Å². The number of carbonyl (C=O) groups is 1. The van der Waals surface area contributed by atoms with Crippen molar-refractivity contribution in [2.45, 2.75) is 33.2 Å². The number of rotatable bonds is 8. The van der Waals surface area contributed by atoms with Crippen molar-refractivity contribution in [3.05, 3.63) is 18.0 Å². The lowest BCUT2D eigenvalue weighted by Crippen LogP contribution is -2.52. The van der Waals surface area contributed by atoms with Crippen LogP contribution in [0.15, 0.2) is 21.8 Å². The predicted octanol–water partition coefficient (Wildman–Crippen LogP) is 1.10. The fourth-order valence-corrected chi connectivity index (χ4v) is 2.73. The third-order valence-electron chi connectivity index (χ3n) is 3.99. The quantitative estimate of drug-likeness (QED) is 0.325. The zero-order chi connectivity index (χ0) is 17.9. The Morgan fingerprint density at radius 3 is 2.80 bits per heavy atom. The third kappa shape index (κ3) is 6.74. The van der Waals surface area contributed by atoms with Crippen LogP contribution in [-0.2, 0) is 16.1 Å². The molecule has 1 fully saturated rings. The number of aliphatic imine (C=N–C) groups is 1. The summed E-state index contributed by atoms with van der Waals surface area (Å²) in [4.78, 5) is 20.6. The number of hydrogen-bond acceptors (Lipinski definition) is 6. The molecule has 0 unspecified atom stereocenters. The first-order valence-electron chi connectivity index (χ1n) is 9.03. The van der Waals surface area contributed by atoms with Gasteiger partial charge in [-0.05, 0) is 20.3 Å². The normalized spacial score (nSPS) is 16.1. The molecule has 140 valence electrons. The van der Waals surface area contributed by atoms with E-state index in [0.29, 0.717) is 26.0 Å². The summed E-state index contributed by atoms with van der Waals surface area (Å²) in [6.45, 7) is 10.3. The average Bonchev–Trinajstić information content (AvgIpc) is 3.12. The zero-order valence-corrected chi connectivity index (χ0v) is 15.2. The van der Waals surface area contributed by atoms with Crippen LogP contribution in [0.1, 0.15) is 32.4 Å². The maximum absolute atomic E-state index is 11.4. The number of piperazine rings is 1. The van der Waals surface area contributed by atoms with Crippen molar-refractivity contribution in [1.29, 1.82) is 0 Å². The van der Waals surface area contributed by atoms with Gasteiger partial charge in [-0.3, -0.25) is 14.7 Å². The van der Waals surface area contributed by atoms with E-state index in [4.69, 9.17) is 9.26 Å². The highest BCUT2D eigenvalue weighted by molar-refractivity contribution is 5.80. The van der Waals surface area contributed by atoms with Gasteiger partial charge in [0.25, 0.3) is 0 Å². The van der Waals surface area contributed by atoms with Gasteiger partial charge in [-0.1, -0.05) is 5.16 Å². The molecule has 0 atom stereocenters. The minimum Gasteiger partial charge on any atom is -0.466 e. The molecule has 0 radical (unpaired) electrons. The van der Waals surface area contributed by atoms with Crippen LogP contribution >= 0.6 is 0 Å². The fourth-order valence-electron chi connectivity index (χ4n) is 2.73. The predicted molar refractivity (Wildman–Crippen MR) is 95.2 cm³/mol. The molecule has 0 spiro atoms. The largest absolute Gasteiger partial charge is 0.466 e. The summed E-state index contributed by atoms with van der Waals surface area (Å²) in [5.74, 6) is 0.775. The zero-order valence-electron chi connectivity index (χ0n) is 15.2. The van der Waals surface area contributed by atoms with Gasteiger partial charge in [0.2, 0.25) is 0 Å². The molecule has 0 aliphatic carbocycles. The third-order valence-corrected chi connectivity index (χ3v) is 3.99. The number of esters is 1. The molecular formula is C17H29N5O3. The molecule has 0 aromatic carbocycles. The van der Waals surface area contributed by atoms with Gasteiger partial charge in [0, 0.05) is 58.3 Å². The molecule has 0 bridgehead atoms. The Kier molecular flexibility index (Phi) is 8.24. The smallest absolute Gasteiger partial charge is 0.305 e. The van der Waals surface area contributed by atoms with E-state index >= 15 is 0 Å². The Morgan fingerprint density at radius 2 is 2.16 bits per heavy atom. The van der Waals surface area contributed by atoms with E-state index in [1.54, 1.807) is 6.26 Å². The number of ether oxygens (including phenoxy) is 1. The molecule has 1 aromatic heterocycles. The van der Waals surface area contributed by atoms with Gasteiger partial charge >= 0.3 is 5.97 Å². The highest BCUT2D eigenvalue weighted by Crippen LogP contribution is 2.07. The van der Waals surface area contributed by atoms with Crippen LogP contribution in [0.2, 0.25) is 0 Å². The maximum Gasteiger partial charge on any atom is 0.305 e. The first-order chi connectivity index (χ1) is 12.2. The van der Waals surface area contributed by atoms with Gasteiger partial charge in [0.1, 0.15) is 6.26 Å². The second kappa shape index (κ2) is 10.7. The molecule has 1 N–H and O–H groups in total. The Morgan fingerprint density at radius 1 is 1.36 bits per heavy atom. The summed E-state index contributed by atoms with van der Waals surface area (Å²) < 4.78 is 9.82. The first-order valence-corrected chi connectivity index (χ1v) is 9.03. The Labute approximate surface area is 149 Å². The second-order valence-corrected chi connectivity index (χ2v) is 5.90. The van der Waals surface area contributed by atoms with Crippen LogP contribution < -0.4 is 5.32 Å². The van der Waals surface area contributed by atoms with Gasteiger partial charge in [-0.2, -0.15) is 0 Å². The van der Waals surface area contributed by atoms with Crippen molar-refractivity contribution < 1.29 is 14.1 Å². The van der Waals surface area contributed by atoms with Crippen LogP contribution in [-0.4, -0.2) is 72.8 Å². The van der Waals surface area contributed by atoms with Crippen LogP contribution in [0.5, 0.6) is 0 Å². The number of nitrogens with one attached hydrogen (secondary N) is 1. The molecule has 2 rings (SSSR count). The Balaban J connectivity index is 1.76. The minimum absolute atomic E-state index is 0.149. The molecule has 1 aromatic rings. The topological polar surface area (TPSA) is 83.2 Å². The summed E-state index contributed by atoms with van der Waals surface area (Å²) in [6, 6.07) is 1.90. The molecule has 1 saturated heterocycles. The van der Waals surface area contributed by atoms with Crippen molar-refractivity contribution in [3.8, 4) is 0 Å².